The predicted octanol–water partition coefficient (Wildman–Crippen LogP) is 6.47. The Morgan fingerprint density at radius 1 is 0.690 bits per heavy atom. The topological polar surface area (TPSA) is 30.7 Å². The Morgan fingerprint density at radius 2 is 1.34 bits per heavy atom. The average molecular weight is 418 g/mol. The molecule has 0 saturated heterocycles. The van der Waals surface area contributed by atoms with Crippen LogP contribution in [0, 0.1) is 13.8 Å². The number of aromatic nitrogens is 3. The summed E-state index contributed by atoms with van der Waals surface area (Å²) in [4.78, 5) is 1.24. The van der Waals surface area contributed by atoms with Gasteiger partial charge in [-0.1, -0.05) is 77.5 Å². The lowest BCUT2D eigenvalue weighted by atomic mass is 10.2. The van der Waals surface area contributed by atoms with Gasteiger partial charge in [-0.3, -0.25) is 4.57 Å². The minimum absolute atomic E-state index is 0.774. The second kappa shape index (κ2) is 9.33. The van der Waals surface area contributed by atoms with E-state index in [2.05, 4.69) is 101 Å². The van der Waals surface area contributed by atoms with E-state index in [0.29, 0.717) is 0 Å². The molecule has 0 spiro atoms. The van der Waals surface area contributed by atoms with E-state index in [4.69, 9.17) is 0 Å². The molecule has 1 aromatic heterocycles. The van der Waals surface area contributed by atoms with Crippen molar-refractivity contribution < 1.29 is 0 Å². The summed E-state index contributed by atoms with van der Waals surface area (Å²) in [5.41, 5.74) is 4.94. The normalized spacial score (nSPS) is 11.0. The first kappa shape index (κ1) is 19.8. The first-order valence-electron chi connectivity index (χ1n) is 9.56. The highest BCUT2D eigenvalue weighted by atomic mass is 32.2. The Balaban J connectivity index is 1.56. The van der Waals surface area contributed by atoms with Gasteiger partial charge in [0.05, 0.1) is 5.75 Å². The molecule has 0 atom stereocenters. The van der Waals surface area contributed by atoms with Crippen LogP contribution in [0.2, 0.25) is 0 Å². The molecule has 0 fully saturated rings. The Morgan fingerprint density at radius 3 is 2.03 bits per heavy atom. The zero-order valence-corrected chi connectivity index (χ0v) is 18.2. The van der Waals surface area contributed by atoms with Crippen molar-refractivity contribution >= 4 is 23.5 Å². The van der Waals surface area contributed by atoms with E-state index in [1.165, 1.54) is 21.6 Å². The average Bonchev–Trinajstić information content (AvgIpc) is 3.16. The fourth-order valence-corrected chi connectivity index (χ4v) is 4.68. The number of thioether (sulfide) groups is 2. The van der Waals surface area contributed by atoms with Gasteiger partial charge in [-0.05, 0) is 43.7 Å². The van der Waals surface area contributed by atoms with E-state index in [-0.39, 0.29) is 0 Å². The Kier molecular flexibility index (Phi) is 6.37. The highest BCUT2D eigenvalue weighted by molar-refractivity contribution is 7.98. The molecule has 4 rings (SSSR count). The van der Waals surface area contributed by atoms with Gasteiger partial charge in [-0.25, -0.2) is 0 Å². The maximum absolute atomic E-state index is 4.52. The minimum Gasteiger partial charge on any atom is -0.273 e. The SMILES string of the molecule is Cc1ccc(CSc2nnc(CSc3ccc(C)cc3)n2-c2ccccc2)cc1. The van der Waals surface area contributed by atoms with Crippen molar-refractivity contribution in [3.05, 3.63) is 101 Å². The number of aryl methyl sites for hydroxylation is 2. The molecule has 5 heteroatoms. The van der Waals surface area contributed by atoms with E-state index in [9.17, 15) is 0 Å². The summed E-state index contributed by atoms with van der Waals surface area (Å²) < 4.78 is 2.18. The molecule has 0 saturated carbocycles. The molecule has 4 aromatic rings. The molecular formula is C24H23N3S2. The van der Waals surface area contributed by atoms with Gasteiger partial charge >= 0.3 is 0 Å². The van der Waals surface area contributed by atoms with Gasteiger partial charge in [0.2, 0.25) is 0 Å². The molecule has 29 heavy (non-hydrogen) atoms. The second-order valence-corrected chi connectivity index (χ2v) is 8.94. The molecule has 1 heterocycles. The Hall–Kier alpha value is -2.50. The van der Waals surface area contributed by atoms with Gasteiger partial charge in [-0.15, -0.1) is 22.0 Å². The van der Waals surface area contributed by atoms with Gasteiger partial charge in [0.1, 0.15) is 5.82 Å². The van der Waals surface area contributed by atoms with Crippen LogP contribution in [0.4, 0.5) is 0 Å². The van der Waals surface area contributed by atoms with Crippen LogP contribution in [0.25, 0.3) is 5.69 Å². The predicted molar refractivity (Wildman–Crippen MR) is 123 cm³/mol. The summed E-state index contributed by atoms with van der Waals surface area (Å²) in [6.07, 6.45) is 0. The van der Waals surface area contributed by atoms with Gasteiger partial charge < -0.3 is 0 Å². The molecule has 3 aromatic carbocycles. The lowest BCUT2D eigenvalue weighted by molar-refractivity contribution is 0.864. The quantitative estimate of drug-likeness (QED) is 0.323. The number of nitrogens with zero attached hydrogens (tertiary/aromatic N) is 3. The number of hydrogen-bond acceptors (Lipinski definition) is 4. The smallest absolute Gasteiger partial charge is 0.196 e. The molecule has 3 nitrogen and oxygen atoms in total. The maximum atomic E-state index is 4.52. The van der Waals surface area contributed by atoms with Gasteiger partial charge in [-0.2, -0.15) is 0 Å². The fraction of sp³-hybridized carbons (Fsp3) is 0.167. The fourth-order valence-electron chi connectivity index (χ4n) is 2.94. The summed E-state index contributed by atoms with van der Waals surface area (Å²) in [7, 11) is 0. The summed E-state index contributed by atoms with van der Waals surface area (Å²) in [6.45, 7) is 4.22. The van der Waals surface area contributed by atoms with Crippen LogP contribution < -0.4 is 0 Å². The summed E-state index contributed by atoms with van der Waals surface area (Å²) in [5.74, 6) is 2.61. The van der Waals surface area contributed by atoms with Gasteiger partial charge in [0, 0.05) is 16.3 Å². The van der Waals surface area contributed by atoms with E-state index in [0.717, 1.165) is 28.2 Å². The molecule has 0 radical (unpaired) electrons. The number of para-hydroxylation sites is 1. The molecule has 0 bridgehead atoms. The first-order valence-corrected chi connectivity index (χ1v) is 11.5. The molecule has 0 aliphatic carbocycles. The van der Waals surface area contributed by atoms with E-state index < -0.39 is 0 Å². The van der Waals surface area contributed by atoms with E-state index in [1.54, 1.807) is 23.5 Å². The molecule has 0 unspecified atom stereocenters. The third-order valence-corrected chi connectivity index (χ3v) is 6.60. The zero-order valence-electron chi connectivity index (χ0n) is 16.6. The standard InChI is InChI=1S/C24H23N3S2/c1-18-8-12-20(13-9-18)16-29-24-26-25-23(27(24)21-6-4-3-5-7-21)17-28-22-14-10-19(2)11-15-22/h3-15H,16-17H2,1-2H3. The monoisotopic (exact) mass is 417 g/mol. The van der Waals surface area contributed by atoms with Gasteiger partial charge in [0.25, 0.3) is 0 Å². The minimum atomic E-state index is 0.774. The van der Waals surface area contributed by atoms with E-state index in [1.807, 2.05) is 6.07 Å². The van der Waals surface area contributed by atoms with Gasteiger partial charge in [0.15, 0.2) is 5.16 Å². The van der Waals surface area contributed by atoms with Crippen LogP contribution in [0.15, 0.2) is 88.9 Å². The molecule has 0 aliphatic heterocycles. The Bertz CT molecular complexity index is 989. The largest absolute Gasteiger partial charge is 0.273 e. The summed E-state index contributed by atoms with van der Waals surface area (Å²) in [5, 5.41) is 9.96. The molecular weight excluding hydrogens is 394 g/mol. The molecule has 0 amide bonds. The second-order valence-electron chi connectivity index (χ2n) is 6.95. The van der Waals surface area contributed by atoms with Crippen LogP contribution in [0.3, 0.4) is 0 Å². The molecule has 0 N–H and O–H groups in total. The van der Waals surface area contributed by atoms with Crippen molar-refractivity contribution in [3.8, 4) is 5.69 Å². The maximum Gasteiger partial charge on any atom is 0.196 e. The van der Waals surface area contributed by atoms with Crippen LogP contribution in [-0.2, 0) is 11.5 Å². The van der Waals surface area contributed by atoms with Crippen molar-refractivity contribution in [2.75, 3.05) is 0 Å². The summed E-state index contributed by atoms with van der Waals surface area (Å²) >= 11 is 3.51. The lowest BCUT2D eigenvalue weighted by Gasteiger charge is -2.10. The number of rotatable bonds is 7. The van der Waals surface area contributed by atoms with Crippen molar-refractivity contribution in [1.82, 2.24) is 14.8 Å². The van der Waals surface area contributed by atoms with Crippen LogP contribution in [0.1, 0.15) is 22.5 Å². The highest BCUT2D eigenvalue weighted by Gasteiger charge is 2.15. The highest BCUT2D eigenvalue weighted by Crippen LogP contribution is 2.29. The zero-order chi connectivity index (χ0) is 20.1. The van der Waals surface area contributed by atoms with E-state index >= 15 is 0 Å². The lowest BCUT2D eigenvalue weighted by Crippen LogP contribution is -2.01. The van der Waals surface area contributed by atoms with Crippen LogP contribution in [0.5, 0.6) is 0 Å². The van der Waals surface area contributed by atoms with Crippen LogP contribution in [-0.4, -0.2) is 14.8 Å². The Labute approximate surface area is 180 Å². The number of hydrogen-bond donors (Lipinski definition) is 0. The van der Waals surface area contributed by atoms with Crippen molar-refractivity contribution in [2.45, 2.75) is 35.4 Å². The molecule has 0 aliphatic rings. The van der Waals surface area contributed by atoms with Crippen molar-refractivity contribution in [3.63, 3.8) is 0 Å². The van der Waals surface area contributed by atoms with Crippen molar-refractivity contribution in [1.29, 1.82) is 0 Å². The number of benzene rings is 3. The third-order valence-electron chi connectivity index (χ3n) is 4.59. The first-order chi connectivity index (χ1) is 14.2. The van der Waals surface area contributed by atoms with Crippen molar-refractivity contribution in [2.24, 2.45) is 0 Å². The summed E-state index contributed by atoms with van der Waals surface area (Å²) in [6, 6.07) is 27.7. The van der Waals surface area contributed by atoms with Crippen LogP contribution >= 0.6 is 23.5 Å². The third kappa shape index (κ3) is 5.11. The molecule has 146 valence electrons.